The number of nitrogens with one attached hydrogen (secondary N) is 1. The first-order valence-corrected chi connectivity index (χ1v) is 8.11. The highest BCUT2D eigenvalue weighted by molar-refractivity contribution is 9.10. The van der Waals surface area contributed by atoms with Crippen molar-refractivity contribution in [2.45, 2.75) is 56.9 Å². The van der Waals surface area contributed by atoms with Gasteiger partial charge in [0.2, 0.25) is 0 Å². The number of amides is 1. The van der Waals surface area contributed by atoms with Gasteiger partial charge in [0.15, 0.2) is 0 Å². The van der Waals surface area contributed by atoms with Gasteiger partial charge in [-0.3, -0.25) is 4.79 Å². The third-order valence-corrected chi connectivity index (χ3v) is 3.95. The zero-order valence-electron chi connectivity index (χ0n) is 11.6. The molecule has 0 aliphatic heterocycles. The van der Waals surface area contributed by atoms with Gasteiger partial charge in [0.05, 0.1) is 5.56 Å². The molecule has 19 heavy (non-hydrogen) atoms. The van der Waals surface area contributed by atoms with E-state index in [9.17, 15) is 4.79 Å². The number of thiol groups is 1. The summed E-state index contributed by atoms with van der Waals surface area (Å²) in [6.07, 6.45) is 5.48. The molecule has 0 aliphatic carbocycles. The number of carbonyl (C=O) groups excluding carboxylic acids is 1. The standard InChI is InChI=1S/C15H22BrNOS/c1-3-5-7-12(6-4-2)17-15(18)13-9-8-11(16)10-14(13)19/h8-10,12,19H,3-7H2,1-2H3,(H,17,18). The van der Waals surface area contributed by atoms with Crippen LogP contribution in [0.2, 0.25) is 0 Å². The first-order chi connectivity index (χ1) is 9.08. The molecule has 1 N–H and O–H groups in total. The fraction of sp³-hybridized carbons (Fsp3) is 0.533. The Labute approximate surface area is 129 Å². The molecule has 0 saturated carbocycles. The SMILES string of the molecule is CCCCC(CCC)NC(=O)c1ccc(Br)cc1S. The van der Waals surface area contributed by atoms with E-state index in [2.05, 4.69) is 47.7 Å². The Bertz CT molecular complexity index is 423. The molecule has 106 valence electrons. The lowest BCUT2D eigenvalue weighted by Crippen LogP contribution is -2.35. The molecule has 0 saturated heterocycles. The molecule has 0 aromatic heterocycles. The molecule has 0 heterocycles. The van der Waals surface area contributed by atoms with Gasteiger partial charge in [-0.15, -0.1) is 12.6 Å². The minimum atomic E-state index is -0.0212. The van der Waals surface area contributed by atoms with E-state index in [1.807, 2.05) is 18.2 Å². The summed E-state index contributed by atoms with van der Waals surface area (Å²) < 4.78 is 0.935. The molecule has 2 nitrogen and oxygen atoms in total. The largest absolute Gasteiger partial charge is 0.349 e. The quantitative estimate of drug-likeness (QED) is 0.682. The highest BCUT2D eigenvalue weighted by Gasteiger charge is 2.14. The maximum absolute atomic E-state index is 12.2. The Kier molecular flexibility index (Phi) is 7.54. The van der Waals surface area contributed by atoms with Gasteiger partial charge in [-0.25, -0.2) is 0 Å². The van der Waals surface area contributed by atoms with Crippen LogP contribution in [-0.4, -0.2) is 11.9 Å². The van der Waals surface area contributed by atoms with Gasteiger partial charge in [-0.2, -0.15) is 0 Å². The van der Waals surface area contributed by atoms with E-state index < -0.39 is 0 Å². The van der Waals surface area contributed by atoms with E-state index in [0.29, 0.717) is 10.5 Å². The van der Waals surface area contributed by atoms with Crippen molar-refractivity contribution >= 4 is 34.5 Å². The number of carbonyl (C=O) groups is 1. The monoisotopic (exact) mass is 343 g/mol. The molecule has 1 atom stereocenters. The van der Waals surface area contributed by atoms with E-state index in [0.717, 1.165) is 36.6 Å². The van der Waals surface area contributed by atoms with E-state index in [1.165, 1.54) is 0 Å². The molecule has 1 amide bonds. The summed E-state index contributed by atoms with van der Waals surface area (Å²) in [5.41, 5.74) is 0.643. The molecule has 1 aromatic rings. The Morgan fingerprint density at radius 2 is 2.05 bits per heavy atom. The number of hydrogen-bond donors (Lipinski definition) is 2. The second kappa shape index (κ2) is 8.64. The Morgan fingerprint density at radius 1 is 1.32 bits per heavy atom. The lowest BCUT2D eigenvalue weighted by molar-refractivity contribution is 0.0929. The first-order valence-electron chi connectivity index (χ1n) is 6.87. The van der Waals surface area contributed by atoms with Crippen molar-refractivity contribution in [3.05, 3.63) is 28.2 Å². The molecule has 0 fully saturated rings. The van der Waals surface area contributed by atoms with Crippen LogP contribution < -0.4 is 5.32 Å². The Morgan fingerprint density at radius 3 is 2.63 bits per heavy atom. The van der Waals surface area contributed by atoms with Crippen LogP contribution in [0.15, 0.2) is 27.6 Å². The molecule has 0 aliphatic rings. The van der Waals surface area contributed by atoms with Crippen molar-refractivity contribution in [1.82, 2.24) is 5.32 Å². The van der Waals surface area contributed by atoms with Crippen molar-refractivity contribution in [1.29, 1.82) is 0 Å². The Hall–Kier alpha value is -0.480. The van der Waals surface area contributed by atoms with Gasteiger partial charge in [-0.1, -0.05) is 49.0 Å². The minimum absolute atomic E-state index is 0.0212. The fourth-order valence-electron chi connectivity index (χ4n) is 2.05. The lowest BCUT2D eigenvalue weighted by Gasteiger charge is -2.18. The highest BCUT2D eigenvalue weighted by atomic mass is 79.9. The molecular formula is C15H22BrNOS. The van der Waals surface area contributed by atoms with Crippen LogP contribution in [0.3, 0.4) is 0 Å². The normalized spacial score (nSPS) is 12.2. The summed E-state index contributed by atoms with van der Waals surface area (Å²) in [5.74, 6) is -0.0212. The fourth-order valence-corrected chi connectivity index (χ4v) is 2.90. The molecule has 0 bridgehead atoms. The van der Waals surface area contributed by atoms with Crippen LogP contribution >= 0.6 is 28.6 Å². The van der Waals surface area contributed by atoms with E-state index in [-0.39, 0.29) is 11.9 Å². The predicted octanol–water partition coefficient (Wildman–Crippen LogP) is 4.83. The van der Waals surface area contributed by atoms with Gasteiger partial charge >= 0.3 is 0 Å². The second-order valence-electron chi connectivity index (χ2n) is 4.76. The molecular weight excluding hydrogens is 322 g/mol. The molecule has 0 spiro atoms. The van der Waals surface area contributed by atoms with Crippen LogP contribution in [0, 0.1) is 0 Å². The maximum atomic E-state index is 12.2. The van der Waals surface area contributed by atoms with Crippen LogP contribution in [0.4, 0.5) is 0 Å². The number of benzene rings is 1. The van der Waals surface area contributed by atoms with Crippen molar-refractivity contribution in [3.8, 4) is 0 Å². The molecule has 1 rings (SSSR count). The number of unbranched alkanes of at least 4 members (excludes halogenated alkanes) is 1. The van der Waals surface area contributed by atoms with Crippen molar-refractivity contribution in [3.63, 3.8) is 0 Å². The van der Waals surface area contributed by atoms with Crippen LogP contribution in [-0.2, 0) is 0 Å². The molecule has 1 unspecified atom stereocenters. The van der Waals surface area contributed by atoms with Gasteiger partial charge in [0.1, 0.15) is 0 Å². The summed E-state index contributed by atoms with van der Waals surface area (Å²) >= 11 is 7.74. The van der Waals surface area contributed by atoms with Gasteiger partial charge in [0, 0.05) is 15.4 Å². The van der Waals surface area contributed by atoms with Crippen LogP contribution in [0.5, 0.6) is 0 Å². The highest BCUT2D eigenvalue weighted by Crippen LogP contribution is 2.20. The van der Waals surface area contributed by atoms with Crippen molar-refractivity contribution < 1.29 is 4.79 Å². The summed E-state index contributed by atoms with van der Waals surface area (Å²) in [6, 6.07) is 5.80. The average Bonchev–Trinajstić information content (AvgIpc) is 2.36. The summed E-state index contributed by atoms with van der Waals surface area (Å²) in [5, 5.41) is 3.13. The topological polar surface area (TPSA) is 29.1 Å². The lowest BCUT2D eigenvalue weighted by atomic mass is 10.0. The maximum Gasteiger partial charge on any atom is 0.252 e. The van der Waals surface area contributed by atoms with E-state index >= 15 is 0 Å². The minimum Gasteiger partial charge on any atom is -0.349 e. The van der Waals surface area contributed by atoms with Gasteiger partial charge < -0.3 is 5.32 Å². The molecule has 1 aromatic carbocycles. The number of halogens is 1. The van der Waals surface area contributed by atoms with Crippen LogP contribution in [0.25, 0.3) is 0 Å². The summed E-state index contributed by atoms with van der Waals surface area (Å²) in [6.45, 7) is 4.32. The molecule has 4 heteroatoms. The smallest absolute Gasteiger partial charge is 0.252 e. The zero-order valence-corrected chi connectivity index (χ0v) is 14.1. The Balaban J connectivity index is 2.69. The third kappa shape index (κ3) is 5.57. The van der Waals surface area contributed by atoms with E-state index in [1.54, 1.807) is 0 Å². The number of rotatable bonds is 7. The summed E-state index contributed by atoms with van der Waals surface area (Å²) in [4.78, 5) is 13.0. The van der Waals surface area contributed by atoms with E-state index in [4.69, 9.17) is 0 Å². The van der Waals surface area contributed by atoms with Gasteiger partial charge in [-0.05, 0) is 31.0 Å². The number of hydrogen-bond acceptors (Lipinski definition) is 2. The zero-order chi connectivity index (χ0) is 14.3. The van der Waals surface area contributed by atoms with Crippen molar-refractivity contribution in [2.24, 2.45) is 0 Å². The van der Waals surface area contributed by atoms with Crippen LogP contribution in [0.1, 0.15) is 56.3 Å². The third-order valence-electron chi connectivity index (χ3n) is 3.08. The first kappa shape index (κ1) is 16.6. The predicted molar refractivity (Wildman–Crippen MR) is 87.1 cm³/mol. The molecule has 0 radical (unpaired) electrons. The second-order valence-corrected chi connectivity index (χ2v) is 6.16. The summed E-state index contributed by atoms with van der Waals surface area (Å²) in [7, 11) is 0. The van der Waals surface area contributed by atoms with Crippen molar-refractivity contribution in [2.75, 3.05) is 0 Å². The average molecular weight is 344 g/mol. The van der Waals surface area contributed by atoms with Gasteiger partial charge in [0.25, 0.3) is 5.91 Å².